The van der Waals surface area contributed by atoms with Crippen molar-refractivity contribution in [3.05, 3.63) is 27.7 Å². The molecule has 1 N–H and O–H groups in total. The normalized spacial score (nSPS) is 17.2. The Hall–Kier alpha value is -0.730. The molecule has 116 valence electrons. The summed E-state index contributed by atoms with van der Waals surface area (Å²) < 4.78 is 50.4. The first kappa shape index (κ1) is 16.6. The molecule has 1 aromatic rings. The lowest BCUT2D eigenvalue weighted by Gasteiger charge is -2.39. The molecule has 0 bridgehead atoms. The summed E-state index contributed by atoms with van der Waals surface area (Å²) in [7, 11) is 0.649. The lowest BCUT2D eigenvalue weighted by Crippen LogP contribution is -2.51. The number of benzene rings is 1. The molecule has 0 aliphatic heterocycles. The van der Waals surface area contributed by atoms with E-state index in [9.17, 15) is 22.0 Å². The van der Waals surface area contributed by atoms with Crippen molar-refractivity contribution in [1.82, 2.24) is 5.32 Å². The van der Waals surface area contributed by atoms with Gasteiger partial charge in [0.1, 0.15) is 16.3 Å². The molecule has 4 nitrogen and oxygen atoms in total. The number of hydrogen-bond donors (Lipinski definition) is 1. The van der Waals surface area contributed by atoms with Crippen molar-refractivity contribution < 1.29 is 22.0 Å². The van der Waals surface area contributed by atoms with Gasteiger partial charge in [-0.2, -0.15) is 0 Å². The smallest absolute Gasteiger partial charge is 0.265 e. The molecule has 1 aliphatic carbocycles. The van der Waals surface area contributed by atoms with Crippen LogP contribution in [0.25, 0.3) is 0 Å². The topological polar surface area (TPSA) is 63.2 Å². The minimum atomic E-state index is -4.47. The maximum absolute atomic E-state index is 14.2. The predicted octanol–water partition coefficient (Wildman–Crippen LogP) is 3.33. The van der Waals surface area contributed by atoms with Gasteiger partial charge in [0.2, 0.25) is 0 Å². The van der Waals surface area contributed by atoms with Crippen molar-refractivity contribution in [2.24, 2.45) is 0 Å². The number of nitrogens with one attached hydrogen (secondary N) is 1. The van der Waals surface area contributed by atoms with Crippen LogP contribution >= 0.6 is 26.6 Å². The summed E-state index contributed by atoms with van der Waals surface area (Å²) in [6.45, 7) is 1.75. The SMILES string of the molecule is CC1(NC(=O)c2c(F)cc(Br)c(S(=O)(=O)Cl)c2F)CCC1. The fourth-order valence-electron chi connectivity index (χ4n) is 2.17. The Morgan fingerprint density at radius 2 is 2.00 bits per heavy atom. The number of amides is 1. The number of hydrogen-bond acceptors (Lipinski definition) is 3. The van der Waals surface area contributed by atoms with Crippen LogP contribution in [0, 0.1) is 11.6 Å². The summed E-state index contributed by atoms with van der Waals surface area (Å²) in [5.41, 5.74) is -1.48. The molecule has 1 fully saturated rings. The highest BCUT2D eigenvalue weighted by Gasteiger charge is 2.36. The molecule has 0 heterocycles. The Morgan fingerprint density at radius 3 is 2.43 bits per heavy atom. The number of carbonyl (C=O) groups excluding carboxylic acids is 1. The Kier molecular flexibility index (Phi) is 4.34. The third kappa shape index (κ3) is 3.22. The van der Waals surface area contributed by atoms with Gasteiger partial charge in [-0.15, -0.1) is 0 Å². The van der Waals surface area contributed by atoms with Gasteiger partial charge in [0.05, 0.1) is 0 Å². The van der Waals surface area contributed by atoms with Crippen molar-refractivity contribution in [2.75, 3.05) is 0 Å². The Balaban J connectivity index is 2.51. The number of carbonyl (C=O) groups is 1. The van der Waals surface area contributed by atoms with E-state index < -0.39 is 42.6 Å². The zero-order chi connectivity index (χ0) is 16.0. The zero-order valence-electron chi connectivity index (χ0n) is 10.8. The maximum Gasteiger partial charge on any atom is 0.265 e. The van der Waals surface area contributed by atoms with Crippen molar-refractivity contribution in [1.29, 1.82) is 0 Å². The molecule has 0 spiro atoms. The lowest BCUT2D eigenvalue weighted by molar-refractivity contribution is 0.0841. The first-order chi connectivity index (χ1) is 9.55. The highest BCUT2D eigenvalue weighted by atomic mass is 79.9. The molecule has 1 amide bonds. The third-order valence-electron chi connectivity index (χ3n) is 3.47. The second-order valence-corrected chi connectivity index (χ2v) is 8.52. The van der Waals surface area contributed by atoms with Gasteiger partial charge in [-0.25, -0.2) is 17.2 Å². The number of halogens is 4. The molecule has 0 unspecified atom stereocenters. The van der Waals surface area contributed by atoms with E-state index in [4.69, 9.17) is 10.7 Å². The minimum absolute atomic E-state index is 0.376. The van der Waals surface area contributed by atoms with Gasteiger partial charge < -0.3 is 5.32 Å². The molecule has 0 aromatic heterocycles. The quantitative estimate of drug-likeness (QED) is 0.789. The van der Waals surface area contributed by atoms with Crippen LogP contribution in [-0.4, -0.2) is 19.9 Å². The first-order valence-corrected chi connectivity index (χ1v) is 9.10. The fourth-order valence-corrected chi connectivity index (χ4v) is 4.53. The highest BCUT2D eigenvalue weighted by Crippen LogP contribution is 2.34. The second kappa shape index (κ2) is 5.48. The highest BCUT2D eigenvalue weighted by molar-refractivity contribution is 9.10. The van der Waals surface area contributed by atoms with Crippen LogP contribution in [0.15, 0.2) is 15.4 Å². The summed E-state index contributed by atoms with van der Waals surface area (Å²) in [6.07, 6.45) is 2.29. The van der Waals surface area contributed by atoms with E-state index in [1.165, 1.54) is 0 Å². The molecule has 1 aromatic carbocycles. The van der Waals surface area contributed by atoms with E-state index in [1.807, 2.05) is 0 Å². The zero-order valence-corrected chi connectivity index (χ0v) is 14.0. The van der Waals surface area contributed by atoms with E-state index >= 15 is 0 Å². The minimum Gasteiger partial charge on any atom is -0.347 e. The summed E-state index contributed by atoms with van der Waals surface area (Å²) in [4.78, 5) is 11.1. The third-order valence-corrected chi connectivity index (χ3v) is 5.71. The molecular weight excluding hydrogens is 392 g/mol. The van der Waals surface area contributed by atoms with Crippen LogP contribution in [0.5, 0.6) is 0 Å². The average molecular weight is 403 g/mol. The van der Waals surface area contributed by atoms with Gasteiger partial charge in [0.25, 0.3) is 15.0 Å². The summed E-state index contributed by atoms with van der Waals surface area (Å²) in [5.74, 6) is -3.66. The van der Waals surface area contributed by atoms with Gasteiger partial charge in [0, 0.05) is 20.7 Å². The van der Waals surface area contributed by atoms with E-state index in [0.717, 1.165) is 6.42 Å². The molecule has 0 radical (unpaired) electrons. The lowest BCUT2D eigenvalue weighted by atomic mass is 9.78. The van der Waals surface area contributed by atoms with E-state index in [-0.39, 0.29) is 4.47 Å². The van der Waals surface area contributed by atoms with E-state index in [1.54, 1.807) is 6.92 Å². The van der Waals surface area contributed by atoms with Crippen molar-refractivity contribution in [3.8, 4) is 0 Å². The fraction of sp³-hybridized carbons (Fsp3) is 0.417. The van der Waals surface area contributed by atoms with Gasteiger partial charge in [-0.05, 0) is 48.2 Å². The van der Waals surface area contributed by atoms with Crippen LogP contribution in [0.4, 0.5) is 8.78 Å². The molecule has 1 saturated carbocycles. The molecule has 1 aliphatic rings. The second-order valence-electron chi connectivity index (χ2n) is 5.16. The molecule has 0 saturated heterocycles. The standard InChI is InChI=1S/C12H11BrClF2NO3S/c1-12(3-2-4-12)17-11(18)8-7(15)5-6(13)10(9(8)16)21(14,19)20/h5H,2-4H2,1H3,(H,17,18). The van der Waals surface area contributed by atoms with Gasteiger partial charge in [-0.3, -0.25) is 4.79 Å². The summed E-state index contributed by atoms with van der Waals surface area (Å²) in [5, 5.41) is 2.52. The van der Waals surface area contributed by atoms with Crippen LogP contribution in [0.2, 0.25) is 0 Å². The predicted molar refractivity (Wildman–Crippen MR) is 76.8 cm³/mol. The van der Waals surface area contributed by atoms with Crippen LogP contribution in [0.1, 0.15) is 36.5 Å². The number of rotatable bonds is 3. The van der Waals surface area contributed by atoms with Gasteiger partial charge >= 0.3 is 0 Å². The first-order valence-electron chi connectivity index (χ1n) is 6.00. The van der Waals surface area contributed by atoms with E-state index in [2.05, 4.69) is 21.2 Å². The molecule has 2 rings (SSSR count). The van der Waals surface area contributed by atoms with Crippen LogP contribution in [-0.2, 0) is 9.05 Å². The van der Waals surface area contributed by atoms with Crippen molar-refractivity contribution in [3.63, 3.8) is 0 Å². The molecule has 9 heteroatoms. The van der Waals surface area contributed by atoms with Crippen molar-refractivity contribution >= 4 is 41.6 Å². The molecule has 0 atom stereocenters. The Morgan fingerprint density at radius 1 is 1.43 bits per heavy atom. The summed E-state index contributed by atoms with van der Waals surface area (Å²) >= 11 is 2.73. The average Bonchev–Trinajstić information content (AvgIpc) is 2.23. The largest absolute Gasteiger partial charge is 0.347 e. The Labute approximate surface area is 133 Å². The van der Waals surface area contributed by atoms with E-state index in [0.29, 0.717) is 18.9 Å². The monoisotopic (exact) mass is 401 g/mol. The van der Waals surface area contributed by atoms with Crippen LogP contribution in [0.3, 0.4) is 0 Å². The Bertz CT molecular complexity index is 720. The molecule has 21 heavy (non-hydrogen) atoms. The van der Waals surface area contributed by atoms with Gasteiger partial charge in [-0.1, -0.05) is 0 Å². The van der Waals surface area contributed by atoms with Crippen molar-refractivity contribution in [2.45, 2.75) is 36.6 Å². The molecular formula is C12H11BrClF2NO3S. The van der Waals surface area contributed by atoms with Gasteiger partial charge in [0.15, 0.2) is 5.82 Å². The summed E-state index contributed by atoms with van der Waals surface area (Å²) in [6, 6.07) is 0.705. The maximum atomic E-state index is 14.2. The van der Waals surface area contributed by atoms with Crippen LogP contribution < -0.4 is 5.32 Å².